The maximum atomic E-state index is 12.8. The Kier molecular flexibility index (Phi) is 8.86. The summed E-state index contributed by atoms with van der Waals surface area (Å²) in [6, 6.07) is 6.11. The molecule has 2 aliphatic rings. The number of amides is 3. The molecule has 206 valence electrons. The van der Waals surface area contributed by atoms with E-state index in [1.165, 1.54) is 33.1 Å². The molecule has 4 rings (SSSR count). The summed E-state index contributed by atoms with van der Waals surface area (Å²) in [4.78, 5) is 62.4. The van der Waals surface area contributed by atoms with E-state index in [0.29, 0.717) is 22.0 Å². The first-order valence-electron chi connectivity index (χ1n) is 11.8. The number of hydrogen-bond acceptors (Lipinski definition) is 10. The van der Waals surface area contributed by atoms with Crippen LogP contribution in [0.15, 0.2) is 46.8 Å². The second-order valence-corrected chi connectivity index (χ2v) is 10.8. The van der Waals surface area contributed by atoms with Crippen molar-refractivity contribution in [1.29, 1.82) is 0 Å². The number of fused-ring (bicyclic) bond motifs is 1. The van der Waals surface area contributed by atoms with E-state index in [1.54, 1.807) is 37.4 Å². The Hall–Kier alpha value is -3.92. The van der Waals surface area contributed by atoms with Gasteiger partial charge in [-0.15, -0.1) is 16.9 Å². The van der Waals surface area contributed by atoms with Gasteiger partial charge >= 0.3 is 11.9 Å². The Morgan fingerprint density at radius 3 is 2.59 bits per heavy atom. The highest BCUT2D eigenvalue weighted by molar-refractivity contribution is 8.01. The minimum absolute atomic E-state index is 0.0121. The number of nitrogens with one attached hydrogen (secondary N) is 2. The van der Waals surface area contributed by atoms with Crippen LogP contribution in [0.4, 0.5) is 0 Å². The monoisotopic (exact) mass is 575 g/mol. The van der Waals surface area contributed by atoms with Crippen LogP contribution in [-0.2, 0) is 26.2 Å². The van der Waals surface area contributed by atoms with Gasteiger partial charge in [-0.3, -0.25) is 19.3 Å². The van der Waals surface area contributed by atoms with Gasteiger partial charge in [-0.1, -0.05) is 30.0 Å². The number of hydrogen-bond donors (Lipinski definition) is 4. The molecule has 0 saturated carbocycles. The van der Waals surface area contributed by atoms with E-state index in [1.807, 2.05) is 0 Å². The normalized spacial score (nSPS) is 19.1. The molecular formula is C23H25N7O7S2. The lowest BCUT2D eigenvalue weighted by Gasteiger charge is -2.49. The van der Waals surface area contributed by atoms with E-state index in [9.17, 15) is 34.2 Å². The third-order valence-corrected chi connectivity index (χ3v) is 8.50. The molecule has 14 nitrogen and oxygen atoms in total. The lowest BCUT2D eigenvalue weighted by Crippen LogP contribution is -2.70. The van der Waals surface area contributed by atoms with Gasteiger partial charge in [0.1, 0.15) is 23.2 Å². The number of benzene rings is 1. The molecule has 1 fully saturated rings. The number of thioether (sulfide) groups is 2. The van der Waals surface area contributed by atoms with Crippen molar-refractivity contribution in [3.63, 3.8) is 0 Å². The maximum Gasteiger partial charge on any atom is 0.352 e. The van der Waals surface area contributed by atoms with Crippen LogP contribution < -0.4 is 10.6 Å². The molecule has 3 atom stereocenters. The first-order valence-corrected chi connectivity index (χ1v) is 13.8. The van der Waals surface area contributed by atoms with Crippen LogP contribution in [0.5, 0.6) is 0 Å². The third kappa shape index (κ3) is 6.39. The number of aryl methyl sites for hydroxylation is 1. The minimum Gasteiger partial charge on any atom is -0.480 e. The summed E-state index contributed by atoms with van der Waals surface area (Å²) in [5.41, 5.74) is 0.768. The summed E-state index contributed by atoms with van der Waals surface area (Å²) in [7, 11) is 1.66. The zero-order valence-electron chi connectivity index (χ0n) is 20.6. The quantitative estimate of drug-likeness (QED) is 0.197. The predicted octanol–water partition coefficient (Wildman–Crippen LogP) is 0.0943. The molecule has 2 aromatic rings. The fourth-order valence-electron chi connectivity index (χ4n) is 4.09. The van der Waals surface area contributed by atoms with E-state index in [-0.39, 0.29) is 30.7 Å². The molecule has 1 aromatic heterocycles. The average Bonchev–Trinajstić information content (AvgIpc) is 3.33. The third-order valence-electron chi connectivity index (χ3n) is 6.06. The predicted molar refractivity (Wildman–Crippen MR) is 138 cm³/mol. The van der Waals surface area contributed by atoms with Gasteiger partial charge in [0, 0.05) is 30.5 Å². The first kappa shape index (κ1) is 28.1. The van der Waals surface area contributed by atoms with Crippen molar-refractivity contribution in [2.75, 3.05) is 11.5 Å². The van der Waals surface area contributed by atoms with Crippen molar-refractivity contribution >= 4 is 53.2 Å². The minimum atomic E-state index is -1.23. The SMILES string of the molecule is Cn1nnnc1SCC1=C(C(=O)O)N2C(=O)C(NC(=O)CCC[C@@H](NC(=O)c3ccccc3)C(=O)O)[C@H]2SC1. The number of aromatic nitrogens is 4. The van der Waals surface area contributed by atoms with Crippen molar-refractivity contribution in [3.8, 4) is 0 Å². The van der Waals surface area contributed by atoms with Crippen molar-refractivity contribution in [3.05, 3.63) is 47.2 Å². The van der Waals surface area contributed by atoms with Gasteiger partial charge in [-0.25, -0.2) is 14.3 Å². The van der Waals surface area contributed by atoms with Crippen LogP contribution >= 0.6 is 23.5 Å². The second-order valence-electron chi connectivity index (χ2n) is 8.71. The van der Waals surface area contributed by atoms with Gasteiger partial charge in [0.25, 0.3) is 11.8 Å². The molecule has 3 amide bonds. The molecule has 1 unspecified atom stereocenters. The van der Waals surface area contributed by atoms with Gasteiger partial charge in [0.2, 0.25) is 11.1 Å². The van der Waals surface area contributed by atoms with Gasteiger partial charge in [0.15, 0.2) is 0 Å². The second kappa shape index (κ2) is 12.3. The van der Waals surface area contributed by atoms with Gasteiger partial charge in [0.05, 0.1) is 0 Å². The molecule has 0 bridgehead atoms. The molecule has 4 N–H and O–H groups in total. The molecule has 16 heteroatoms. The van der Waals surface area contributed by atoms with Gasteiger partial charge in [-0.2, -0.15) is 0 Å². The molecular weight excluding hydrogens is 550 g/mol. The van der Waals surface area contributed by atoms with E-state index >= 15 is 0 Å². The Morgan fingerprint density at radius 1 is 1.21 bits per heavy atom. The van der Waals surface area contributed by atoms with Crippen molar-refractivity contribution in [1.82, 2.24) is 35.7 Å². The number of carboxylic acids is 2. The Balaban J connectivity index is 1.29. The number of carbonyl (C=O) groups excluding carboxylic acids is 3. The summed E-state index contributed by atoms with van der Waals surface area (Å²) >= 11 is 2.60. The number of tetrazole rings is 1. The molecule has 1 saturated heterocycles. The molecule has 0 spiro atoms. The first-order chi connectivity index (χ1) is 18.7. The van der Waals surface area contributed by atoms with Crippen LogP contribution in [0.3, 0.4) is 0 Å². The summed E-state index contributed by atoms with van der Waals surface area (Å²) in [6.07, 6.45) is 0.0957. The largest absolute Gasteiger partial charge is 0.480 e. The Morgan fingerprint density at radius 2 is 1.95 bits per heavy atom. The standard InChI is InChI=1S/C23H25N7O7S2/c1-29-23(26-27-28-29)39-11-13-10-38-20-16(19(33)30(20)17(13)22(36)37)25-15(31)9-5-8-14(21(34)35)24-18(32)12-6-3-2-4-7-12/h2-4,6-7,14,16,20H,5,8-11H2,1H3,(H,24,32)(H,25,31)(H,34,35)(H,36,37)/t14-,16?,20-/m1/s1. The highest BCUT2D eigenvalue weighted by atomic mass is 32.2. The van der Waals surface area contributed by atoms with Crippen LogP contribution in [-0.4, -0.2) is 93.9 Å². The van der Waals surface area contributed by atoms with E-state index < -0.39 is 47.1 Å². The van der Waals surface area contributed by atoms with Gasteiger partial charge in [-0.05, 0) is 41.0 Å². The molecule has 0 radical (unpaired) electrons. The Bertz CT molecular complexity index is 1320. The maximum absolute atomic E-state index is 12.8. The number of β-lactam (4-membered cyclic amide) rings is 1. The molecule has 1 aromatic carbocycles. The molecule has 0 aliphatic carbocycles. The smallest absolute Gasteiger partial charge is 0.352 e. The summed E-state index contributed by atoms with van der Waals surface area (Å²) in [5, 5.41) is 35.4. The number of nitrogens with zero attached hydrogens (tertiary/aromatic N) is 5. The van der Waals surface area contributed by atoms with Crippen LogP contribution in [0, 0.1) is 0 Å². The number of rotatable bonds is 12. The summed E-state index contributed by atoms with van der Waals surface area (Å²) in [6.45, 7) is 0. The van der Waals surface area contributed by atoms with Crippen molar-refractivity contribution in [2.24, 2.45) is 7.05 Å². The molecule has 3 heterocycles. The van der Waals surface area contributed by atoms with E-state index in [0.717, 1.165) is 0 Å². The summed E-state index contributed by atoms with van der Waals surface area (Å²) < 4.78 is 1.46. The van der Waals surface area contributed by atoms with Crippen molar-refractivity contribution < 1.29 is 34.2 Å². The fraction of sp³-hybridized carbons (Fsp3) is 0.391. The zero-order chi connectivity index (χ0) is 28.1. The zero-order valence-corrected chi connectivity index (χ0v) is 22.3. The van der Waals surface area contributed by atoms with Crippen molar-refractivity contribution in [2.45, 2.75) is 41.9 Å². The highest BCUT2D eigenvalue weighted by Gasteiger charge is 2.54. The van der Waals surface area contributed by atoms with Crippen LogP contribution in [0.25, 0.3) is 0 Å². The summed E-state index contributed by atoms with van der Waals surface area (Å²) in [5.74, 6) is -3.36. The lowest BCUT2D eigenvalue weighted by atomic mass is 10.0. The Labute approximate surface area is 230 Å². The highest BCUT2D eigenvalue weighted by Crippen LogP contribution is 2.41. The lowest BCUT2D eigenvalue weighted by molar-refractivity contribution is -0.150. The van der Waals surface area contributed by atoms with E-state index in [4.69, 9.17) is 0 Å². The van der Waals surface area contributed by atoms with E-state index in [2.05, 4.69) is 26.2 Å². The fourth-order valence-corrected chi connectivity index (χ4v) is 6.43. The number of carbonyl (C=O) groups is 5. The van der Waals surface area contributed by atoms with Crippen LogP contribution in [0.2, 0.25) is 0 Å². The van der Waals surface area contributed by atoms with Gasteiger partial charge < -0.3 is 20.8 Å². The number of carboxylic acid groups (broad SMARTS) is 2. The molecule has 39 heavy (non-hydrogen) atoms. The number of aliphatic carboxylic acids is 2. The average molecular weight is 576 g/mol. The van der Waals surface area contributed by atoms with Crippen LogP contribution in [0.1, 0.15) is 29.6 Å². The molecule has 2 aliphatic heterocycles. The topological polar surface area (TPSA) is 197 Å².